The molecular weight excluding hydrogens is 190 g/mol. The Morgan fingerprint density at radius 1 is 1.54 bits per heavy atom. The summed E-state index contributed by atoms with van der Waals surface area (Å²) in [5, 5.41) is 0. The number of nitrogens with one attached hydrogen (secondary N) is 1. The number of hydrogen-bond donors (Lipinski definition) is 1. The lowest BCUT2D eigenvalue weighted by Gasteiger charge is -2.32. The highest BCUT2D eigenvalue weighted by molar-refractivity contribution is 7.90. The molecule has 0 saturated carbocycles. The van der Waals surface area contributed by atoms with Crippen molar-refractivity contribution < 1.29 is 9.00 Å². The average Bonchev–Trinajstić information content (AvgIpc) is 2.09. The Morgan fingerprint density at radius 2 is 2.15 bits per heavy atom. The molecule has 1 rings (SSSR count). The van der Waals surface area contributed by atoms with Gasteiger partial charge in [-0.1, -0.05) is 6.92 Å². The van der Waals surface area contributed by atoms with E-state index >= 15 is 0 Å². The Hall–Kier alpha value is -0.620. The van der Waals surface area contributed by atoms with Crippen LogP contribution < -0.4 is 0 Å². The first-order valence-corrected chi connectivity index (χ1v) is 5.91. The van der Waals surface area contributed by atoms with Crippen molar-refractivity contribution in [2.75, 3.05) is 32.4 Å². The van der Waals surface area contributed by atoms with Crippen molar-refractivity contribution in [2.45, 2.75) is 6.92 Å². The van der Waals surface area contributed by atoms with Gasteiger partial charge in [-0.05, 0) is 0 Å². The van der Waals surface area contributed by atoms with Gasteiger partial charge in [0, 0.05) is 25.9 Å². The van der Waals surface area contributed by atoms with Gasteiger partial charge in [-0.25, -0.2) is 13.3 Å². The SMILES string of the molecule is CCS(=N)(=O)N1CCN(C)C(=O)C1. The number of rotatable bonds is 2. The maximum atomic E-state index is 11.6. The Morgan fingerprint density at radius 3 is 2.62 bits per heavy atom. The fourth-order valence-electron chi connectivity index (χ4n) is 1.17. The van der Waals surface area contributed by atoms with Crippen LogP contribution in [-0.4, -0.2) is 51.8 Å². The van der Waals surface area contributed by atoms with Gasteiger partial charge in [0.1, 0.15) is 9.92 Å². The molecule has 0 aromatic heterocycles. The smallest absolute Gasteiger partial charge is 0.237 e. The van der Waals surface area contributed by atoms with Crippen molar-refractivity contribution >= 4 is 15.8 Å². The lowest BCUT2D eigenvalue weighted by molar-refractivity contribution is -0.132. The van der Waals surface area contributed by atoms with Gasteiger partial charge in [-0.3, -0.25) is 4.79 Å². The first-order valence-electron chi connectivity index (χ1n) is 4.23. The van der Waals surface area contributed by atoms with E-state index in [1.807, 2.05) is 0 Å². The molecule has 1 aliphatic rings. The number of carbonyl (C=O) groups excluding carboxylic acids is 1. The van der Waals surface area contributed by atoms with E-state index in [1.165, 1.54) is 4.31 Å². The van der Waals surface area contributed by atoms with Crippen LogP contribution in [-0.2, 0) is 14.7 Å². The van der Waals surface area contributed by atoms with E-state index in [0.29, 0.717) is 13.1 Å². The van der Waals surface area contributed by atoms with Crippen LogP contribution in [0.2, 0.25) is 0 Å². The highest BCUT2D eigenvalue weighted by atomic mass is 32.2. The van der Waals surface area contributed by atoms with E-state index in [9.17, 15) is 9.00 Å². The summed E-state index contributed by atoms with van der Waals surface area (Å²) in [6, 6.07) is 0. The largest absolute Gasteiger partial charge is 0.343 e. The van der Waals surface area contributed by atoms with Crippen LogP contribution in [0.5, 0.6) is 0 Å². The Kier molecular flexibility index (Phi) is 2.92. The standard InChI is InChI=1S/C7H15N3O2S/c1-3-13(8,12)10-5-4-9(2)7(11)6-10/h8H,3-6H2,1-2H3. The van der Waals surface area contributed by atoms with Crippen molar-refractivity contribution in [2.24, 2.45) is 0 Å². The quantitative estimate of drug-likeness (QED) is 0.675. The molecule has 1 saturated heterocycles. The van der Waals surface area contributed by atoms with Crippen molar-refractivity contribution in [1.82, 2.24) is 9.21 Å². The lowest BCUT2D eigenvalue weighted by Crippen LogP contribution is -2.50. The second-order valence-electron chi connectivity index (χ2n) is 3.11. The Labute approximate surface area is 78.8 Å². The summed E-state index contributed by atoms with van der Waals surface area (Å²) in [4.78, 5) is 12.8. The molecular formula is C7H15N3O2S. The fourth-order valence-corrected chi connectivity index (χ4v) is 2.23. The van der Waals surface area contributed by atoms with E-state index in [2.05, 4.69) is 0 Å². The van der Waals surface area contributed by atoms with Gasteiger partial charge in [0.05, 0.1) is 6.54 Å². The van der Waals surface area contributed by atoms with Crippen molar-refractivity contribution in [1.29, 1.82) is 4.78 Å². The summed E-state index contributed by atoms with van der Waals surface area (Å²) in [7, 11) is -0.972. The summed E-state index contributed by atoms with van der Waals surface area (Å²) < 4.78 is 20.6. The molecule has 1 fully saturated rings. The molecule has 13 heavy (non-hydrogen) atoms. The second-order valence-corrected chi connectivity index (χ2v) is 5.48. The molecule has 0 aromatic carbocycles. The zero-order chi connectivity index (χ0) is 10.1. The zero-order valence-corrected chi connectivity index (χ0v) is 8.76. The van der Waals surface area contributed by atoms with Crippen LogP contribution in [0.4, 0.5) is 0 Å². The Balaban J connectivity index is 2.71. The van der Waals surface area contributed by atoms with E-state index < -0.39 is 9.92 Å². The second kappa shape index (κ2) is 3.63. The van der Waals surface area contributed by atoms with Crippen LogP contribution >= 0.6 is 0 Å². The molecule has 1 atom stereocenters. The van der Waals surface area contributed by atoms with Gasteiger partial charge in [-0.2, -0.15) is 0 Å². The predicted molar refractivity (Wildman–Crippen MR) is 50.6 cm³/mol. The third kappa shape index (κ3) is 2.19. The number of piperazine rings is 1. The lowest BCUT2D eigenvalue weighted by atomic mass is 10.4. The van der Waals surface area contributed by atoms with Crippen molar-refractivity contribution in [3.63, 3.8) is 0 Å². The summed E-state index contributed by atoms with van der Waals surface area (Å²) >= 11 is 0. The summed E-state index contributed by atoms with van der Waals surface area (Å²) in [5.41, 5.74) is 0. The molecule has 1 N–H and O–H groups in total. The fraction of sp³-hybridized carbons (Fsp3) is 0.857. The molecule has 0 spiro atoms. The maximum Gasteiger partial charge on any atom is 0.237 e. The minimum atomic E-state index is -2.69. The first-order chi connectivity index (χ1) is 5.97. The Bertz CT molecular complexity index is 299. The summed E-state index contributed by atoms with van der Waals surface area (Å²) in [6.45, 7) is 2.93. The zero-order valence-electron chi connectivity index (χ0n) is 7.95. The molecule has 76 valence electrons. The highest BCUT2D eigenvalue weighted by Crippen LogP contribution is 2.07. The van der Waals surface area contributed by atoms with E-state index in [4.69, 9.17) is 4.78 Å². The number of nitrogens with zero attached hydrogens (tertiary/aromatic N) is 2. The van der Waals surface area contributed by atoms with E-state index in [0.717, 1.165) is 0 Å². The molecule has 0 radical (unpaired) electrons. The number of carbonyl (C=O) groups is 1. The molecule has 0 aliphatic carbocycles. The third-order valence-electron chi connectivity index (χ3n) is 2.23. The van der Waals surface area contributed by atoms with Crippen molar-refractivity contribution in [3.05, 3.63) is 0 Å². The minimum absolute atomic E-state index is 0.0559. The normalized spacial score (nSPS) is 24.5. The molecule has 6 heteroatoms. The van der Waals surface area contributed by atoms with Crippen LogP contribution in [0.3, 0.4) is 0 Å². The van der Waals surface area contributed by atoms with Crippen LogP contribution in [0, 0.1) is 4.78 Å². The molecule has 1 amide bonds. The maximum absolute atomic E-state index is 11.6. The van der Waals surface area contributed by atoms with Gasteiger partial charge in [0.15, 0.2) is 0 Å². The van der Waals surface area contributed by atoms with E-state index in [-0.39, 0.29) is 18.2 Å². The molecule has 0 aromatic rings. The molecule has 0 bridgehead atoms. The van der Waals surface area contributed by atoms with Gasteiger partial charge >= 0.3 is 0 Å². The van der Waals surface area contributed by atoms with Gasteiger partial charge in [0.25, 0.3) is 0 Å². The van der Waals surface area contributed by atoms with Gasteiger partial charge in [-0.15, -0.1) is 0 Å². The average molecular weight is 205 g/mol. The van der Waals surface area contributed by atoms with E-state index in [1.54, 1.807) is 18.9 Å². The topological polar surface area (TPSA) is 64.5 Å². The van der Waals surface area contributed by atoms with Crippen LogP contribution in [0.25, 0.3) is 0 Å². The molecule has 1 unspecified atom stereocenters. The summed E-state index contributed by atoms with van der Waals surface area (Å²) in [6.07, 6.45) is 0. The number of likely N-dealkylation sites (N-methyl/N-ethyl adjacent to an activating group) is 1. The van der Waals surface area contributed by atoms with Gasteiger partial charge in [0.2, 0.25) is 5.91 Å². The molecule has 1 aliphatic heterocycles. The molecule has 5 nitrogen and oxygen atoms in total. The number of amides is 1. The monoisotopic (exact) mass is 205 g/mol. The third-order valence-corrected chi connectivity index (χ3v) is 4.16. The predicted octanol–water partition coefficient (Wildman–Crippen LogP) is -0.258. The number of hydrogen-bond acceptors (Lipinski definition) is 3. The van der Waals surface area contributed by atoms with Gasteiger partial charge < -0.3 is 4.90 Å². The highest BCUT2D eigenvalue weighted by Gasteiger charge is 2.26. The summed E-state index contributed by atoms with van der Waals surface area (Å²) in [5.74, 6) is 0.226. The van der Waals surface area contributed by atoms with Crippen molar-refractivity contribution in [3.8, 4) is 0 Å². The molecule has 1 heterocycles. The van der Waals surface area contributed by atoms with Crippen LogP contribution in [0.1, 0.15) is 6.92 Å². The first kappa shape index (κ1) is 10.5. The minimum Gasteiger partial charge on any atom is -0.343 e. The van der Waals surface area contributed by atoms with Crippen LogP contribution in [0.15, 0.2) is 0 Å².